The van der Waals surface area contributed by atoms with Crippen LogP contribution in [0.5, 0.6) is 0 Å². The van der Waals surface area contributed by atoms with Crippen LogP contribution >= 0.6 is 0 Å². The minimum absolute atomic E-state index is 0.0940. The molecule has 22 heavy (non-hydrogen) atoms. The van der Waals surface area contributed by atoms with Gasteiger partial charge in [-0.1, -0.05) is 36.2 Å². The van der Waals surface area contributed by atoms with Crippen molar-refractivity contribution in [2.75, 3.05) is 13.1 Å². The van der Waals surface area contributed by atoms with E-state index in [4.69, 9.17) is 0 Å². The first-order valence-corrected chi connectivity index (χ1v) is 8.08. The number of benzene rings is 1. The van der Waals surface area contributed by atoms with Crippen molar-refractivity contribution in [3.63, 3.8) is 0 Å². The van der Waals surface area contributed by atoms with Crippen LogP contribution < -0.4 is 0 Å². The number of likely N-dealkylation sites (tertiary alicyclic amines) is 1. The Hall–Kier alpha value is -1.84. The van der Waals surface area contributed by atoms with Crippen molar-refractivity contribution in [3.8, 4) is 0 Å². The molecule has 4 heteroatoms. The van der Waals surface area contributed by atoms with Gasteiger partial charge in [0.25, 0.3) is 0 Å². The standard InChI is InChI=1S/C18H23NO3/c1-13-4-2-5-14(10-13)7-8-16(20)19-11-15-6-3-9-18(15,12-19)17(21)22/h2,4-5,10,15H,3,6-9,11-12H2,1H3,(H,21,22)/t15-,18+/m0/s1. The number of nitrogens with zero attached hydrogens (tertiary/aromatic N) is 1. The molecule has 0 unspecified atom stereocenters. The molecule has 2 atom stereocenters. The minimum atomic E-state index is -0.719. The fourth-order valence-electron chi connectivity index (χ4n) is 4.11. The average Bonchev–Trinajstić information content (AvgIpc) is 3.02. The van der Waals surface area contributed by atoms with Crippen LogP contribution in [0.1, 0.15) is 36.8 Å². The lowest BCUT2D eigenvalue weighted by Gasteiger charge is -2.23. The third kappa shape index (κ3) is 2.62. The number of carbonyl (C=O) groups is 2. The van der Waals surface area contributed by atoms with Gasteiger partial charge in [-0.25, -0.2) is 0 Å². The Morgan fingerprint density at radius 3 is 2.91 bits per heavy atom. The van der Waals surface area contributed by atoms with Crippen LogP contribution in [-0.4, -0.2) is 35.0 Å². The van der Waals surface area contributed by atoms with Gasteiger partial charge < -0.3 is 10.0 Å². The number of aliphatic carboxylic acids is 1. The van der Waals surface area contributed by atoms with Crippen LogP contribution in [0, 0.1) is 18.3 Å². The van der Waals surface area contributed by atoms with Gasteiger partial charge in [-0.05, 0) is 37.7 Å². The van der Waals surface area contributed by atoms with Crippen molar-refractivity contribution >= 4 is 11.9 Å². The summed E-state index contributed by atoms with van der Waals surface area (Å²) in [6.45, 7) is 3.07. The maximum absolute atomic E-state index is 12.4. The fraction of sp³-hybridized carbons (Fsp3) is 0.556. The Balaban J connectivity index is 1.61. The molecule has 3 rings (SSSR count). The van der Waals surface area contributed by atoms with Crippen molar-refractivity contribution in [1.29, 1.82) is 0 Å². The predicted molar refractivity (Wildman–Crippen MR) is 83.5 cm³/mol. The monoisotopic (exact) mass is 301 g/mol. The maximum Gasteiger partial charge on any atom is 0.311 e. The molecule has 0 bridgehead atoms. The molecule has 4 nitrogen and oxygen atoms in total. The van der Waals surface area contributed by atoms with E-state index in [9.17, 15) is 14.7 Å². The van der Waals surface area contributed by atoms with Crippen LogP contribution in [-0.2, 0) is 16.0 Å². The van der Waals surface area contributed by atoms with E-state index in [1.807, 2.05) is 25.1 Å². The van der Waals surface area contributed by atoms with Gasteiger partial charge in [0.1, 0.15) is 0 Å². The summed E-state index contributed by atoms with van der Waals surface area (Å²) in [5.74, 6) is -0.478. The molecule has 1 amide bonds. The number of carboxylic acid groups (broad SMARTS) is 1. The summed E-state index contributed by atoms with van der Waals surface area (Å²) in [7, 11) is 0. The summed E-state index contributed by atoms with van der Waals surface area (Å²) < 4.78 is 0. The quantitative estimate of drug-likeness (QED) is 0.930. The van der Waals surface area contributed by atoms with E-state index in [0.29, 0.717) is 25.9 Å². The topological polar surface area (TPSA) is 57.6 Å². The molecule has 1 aromatic rings. The molecule has 1 aromatic carbocycles. The number of carbonyl (C=O) groups excluding carboxylic acids is 1. The van der Waals surface area contributed by atoms with Gasteiger partial charge in [0.15, 0.2) is 0 Å². The highest BCUT2D eigenvalue weighted by Gasteiger charge is 2.55. The van der Waals surface area contributed by atoms with E-state index >= 15 is 0 Å². The van der Waals surface area contributed by atoms with Crippen molar-refractivity contribution < 1.29 is 14.7 Å². The largest absolute Gasteiger partial charge is 0.481 e. The number of fused-ring (bicyclic) bond motifs is 1. The zero-order valence-electron chi connectivity index (χ0n) is 13.0. The summed E-state index contributed by atoms with van der Waals surface area (Å²) >= 11 is 0. The van der Waals surface area contributed by atoms with Crippen LogP contribution in [0.2, 0.25) is 0 Å². The lowest BCUT2D eigenvalue weighted by atomic mass is 9.81. The molecular weight excluding hydrogens is 278 g/mol. The average molecular weight is 301 g/mol. The molecule has 0 spiro atoms. The van der Waals surface area contributed by atoms with E-state index < -0.39 is 11.4 Å². The molecule has 0 aromatic heterocycles. The SMILES string of the molecule is Cc1cccc(CCC(=O)N2C[C@@H]3CCC[C@@]3(C(=O)O)C2)c1. The van der Waals surface area contributed by atoms with E-state index in [2.05, 4.69) is 6.07 Å². The highest BCUT2D eigenvalue weighted by atomic mass is 16.4. The van der Waals surface area contributed by atoms with E-state index in [1.165, 1.54) is 11.1 Å². The van der Waals surface area contributed by atoms with Crippen molar-refractivity contribution in [2.45, 2.75) is 39.0 Å². The van der Waals surface area contributed by atoms with Gasteiger partial charge in [-0.3, -0.25) is 9.59 Å². The molecule has 1 aliphatic heterocycles. The molecule has 2 fully saturated rings. The van der Waals surface area contributed by atoms with Gasteiger partial charge >= 0.3 is 5.97 Å². The molecule has 0 radical (unpaired) electrons. The van der Waals surface area contributed by atoms with Crippen molar-refractivity contribution in [1.82, 2.24) is 4.90 Å². The van der Waals surface area contributed by atoms with E-state index in [1.54, 1.807) is 4.90 Å². The second kappa shape index (κ2) is 5.75. The lowest BCUT2D eigenvalue weighted by Crippen LogP contribution is -2.37. The first kappa shape index (κ1) is 15.1. The van der Waals surface area contributed by atoms with E-state index in [0.717, 1.165) is 19.3 Å². The van der Waals surface area contributed by atoms with Crippen LogP contribution in [0.3, 0.4) is 0 Å². The number of aryl methyl sites for hydroxylation is 2. The first-order valence-electron chi connectivity index (χ1n) is 8.08. The third-order valence-corrected chi connectivity index (χ3v) is 5.36. The Kier molecular flexibility index (Phi) is 3.94. The molecule has 2 aliphatic rings. The number of amides is 1. The summed E-state index contributed by atoms with van der Waals surface area (Å²) in [4.78, 5) is 25.9. The second-order valence-corrected chi connectivity index (χ2v) is 6.81. The van der Waals surface area contributed by atoms with Crippen LogP contribution in [0.4, 0.5) is 0 Å². The number of hydrogen-bond acceptors (Lipinski definition) is 2. The Morgan fingerprint density at radius 2 is 2.23 bits per heavy atom. The third-order valence-electron chi connectivity index (χ3n) is 5.36. The second-order valence-electron chi connectivity index (χ2n) is 6.81. The van der Waals surface area contributed by atoms with Crippen LogP contribution in [0.25, 0.3) is 0 Å². The zero-order valence-corrected chi connectivity index (χ0v) is 13.0. The predicted octanol–water partition coefficient (Wildman–Crippen LogP) is 2.64. The molecule has 1 aliphatic carbocycles. The Morgan fingerprint density at radius 1 is 1.41 bits per heavy atom. The normalized spacial score (nSPS) is 27.0. The number of carboxylic acids is 1. The summed E-state index contributed by atoms with van der Waals surface area (Å²) in [5, 5.41) is 9.57. The number of hydrogen-bond donors (Lipinski definition) is 1. The Bertz CT molecular complexity index is 598. The van der Waals surface area contributed by atoms with E-state index in [-0.39, 0.29) is 11.8 Å². The van der Waals surface area contributed by atoms with Gasteiger partial charge in [0, 0.05) is 19.5 Å². The van der Waals surface area contributed by atoms with Crippen LogP contribution in [0.15, 0.2) is 24.3 Å². The Labute approximate surface area is 131 Å². The minimum Gasteiger partial charge on any atom is -0.481 e. The summed E-state index contributed by atoms with van der Waals surface area (Å²) in [5.41, 5.74) is 1.70. The lowest BCUT2D eigenvalue weighted by molar-refractivity contribution is -0.149. The molecule has 1 saturated carbocycles. The van der Waals surface area contributed by atoms with Gasteiger partial charge in [0.2, 0.25) is 5.91 Å². The fourth-order valence-corrected chi connectivity index (χ4v) is 4.11. The van der Waals surface area contributed by atoms with Crippen molar-refractivity contribution in [2.24, 2.45) is 11.3 Å². The zero-order chi connectivity index (χ0) is 15.7. The van der Waals surface area contributed by atoms with Gasteiger partial charge in [-0.2, -0.15) is 0 Å². The van der Waals surface area contributed by atoms with Crippen molar-refractivity contribution in [3.05, 3.63) is 35.4 Å². The smallest absolute Gasteiger partial charge is 0.311 e. The highest BCUT2D eigenvalue weighted by Crippen LogP contribution is 2.48. The van der Waals surface area contributed by atoms with Gasteiger partial charge in [0.05, 0.1) is 5.41 Å². The number of rotatable bonds is 4. The maximum atomic E-state index is 12.4. The molecular formula is C18H23NO3. The highest BCUT2D eigenvalue weighted by molar-refractivity contribution is 5.81. The molecule has 1 saturated heterocycles. The molecule has 1 N–H and O–H groups in total. The summed E-state index contributed by atoms with van der Waals surface area (Å²) in [6.07, 6.45) is 3.82. The summed E-state index contributed by atoms with van der Waals surface area (Å²) in [6, 6.07) is 8.20. The van der Waals surface area contributed by atoms with Gasteiger partial charge in [-0.15, -0.1) is 0 Å². The molecule has 1 heterocycles. The first-order chi connectivity index (χ1) is 10.5. The molecule has 118 valence electrons.